The van der Waals surface area contributed by atoms with E-state index in [1.54, 1.807) is 48.7 Å². The molecule has 0 aliphatic carbocycles. The number of nitrogens with zero attached hydrogens (tertiary/aromatic N) is 1. The third-order valence-electron chi connectivity index (χ3n) is 4.30. The Labute approximate surface area is 163 Å². The number of pyridine rings is 1. The summed E-state index contributed by atoms with van der Waals surface area (Å²) in [5.74, 6) is 0.257. The minimum absolute atomic E-state index is 0.0406. The van der Waals surface area contributed by atoms with Gasteiger partial charge in [-0.15, -0.1) is 0 Å². The second-order valence-corrected chi connectivity index (χ2v) is 7.58. The van der Waals surface area contributed by atoms with Gasteiger partial charge in [-0.3, -0.25) is 9.78 Å². The van der Waals surface area contributed by atoms with E-state index in [9.17, 15) is 14.3 Å². The van der Waals surface area contributed by atoms with Gasteiger partial charge in [-0.25, -0.2) is 4.39 Å². The van der Waals surface area contributed by atoms with Crippen molar-refractivity contribution < 1.29 is 19.0 Å². The first-order valence-electron chi connectivity index (χ1n) is 8.96. The third kappa shape index (κ3) is 4.43. The van der Waals surface area contributed by atoms with Gasteiger partial charge in [0.25, 0.3) is 0 Å². The predicted molar refractivity (Wildman–Crippen MR) is 105 cm³/mol. The Hall–Kier alpha value is -3.05. The second kappa shape index (κ2) is 7.90. The smallest absolute Gasteiger partial charge is 0.168 e. The van der Waals surface area contributed by atoms with Gasteiger partial charge in [0.1, 0.15) is 23.4 Å². The molecule has 0 amide bonds. The number of benzene rings is 2. The van der Waals surface area contributed by atoms with Crippen molar-refractivity contribution in [3.8, 4) is 11.5 Å². The van der Waals surface area contributed by atoms with E-state index in [-0.39, 0.29) is 11.3 Å². The summed E-state index contributed by atoms with van der Waals surface area (Å²) in [6.45, 7) is 5.60. The van der Waals surface area contributed by atoms with Crippen molar-refractivity contribution in [1.29, 1.82) is 0 Å². The Balaban J connectivity index is 1.75. The van der Waals surface area contributed by atoms with Crippen LogP contribution in [0.3, 0.4) is 0 Å². The molecule has 1 heterocycles. The number of Topliss-reactive ketones (excluding diaryl/α,β-unsaturated/α-hetero) is 1. The highest BCUT2D eigenvalue weighted by atomic mass is 19.1. The Morgan fingerprint density at radius 1 is 1.07 bits per heavy atom. The van der Waals surface area contributed by atoms with Gasteiger partial charge in [-0.05, 0) is 42.5 Å². The first-order chi connectivity index (χ1) is 13.3. The number of hydrogen-bond donors (Lipinski definition) is 1. The maximum atomic E-state index is 14.5. The number of carbonyl (C=O) groups excluding carboxylic acids is 1. The fraction of sp³-hybridized carbons (Fsp3) is 0.217. The fourth-order valence-corrected chi connectivity index (χ4v) is 2.75. The Morgan fingerprint density at radius 2 is 1.75 bits per heavy atom. The highest BCUT2D eigenvalue weighted by Crippen LogP contribution is 2.29. The van der Waals surface area contributed by atoms with Gasteiger partial charge in [-0.1, -0.05) is 26.8 Å². The molecule has 0 aliphatic rings. The van der Waals surface area contributed by atoms with E-state index >= 15 is 0 Å². The van der Waals surface area contributed by atoms with Gasteiger partial charge in [-0.2, -0.15) is 0 Å². The number of halogens is 1. The van der Waals surface area contributed by atoms with Gasteiger partial charge in [0.05, 0.1) is 0 Å². The van der Waals surface area contributed by atoms with Crippen LogP contribution in [-0.2, 0) is 0 Å². The standard InChI is InChI=1S/C23H22FNO3/c1-23(2,3)22(27)15-6-8-17(9-7-15)28-18-10-11-19(20(24)13-18)21(26)16-5-4-12-25-14-16/h4-14,21,26H,1-3H3. The molecule has 1 atom stereocenters. The van der Waals surface area contributed by atoms with Crippen LogP contribution in [0.25, 0.3) is 0 Å². The normalized spacial score (nSPS) is 12.5. The molecule has 0 radical (unpaired) electrons. The zero-order valence-electron chi connectivity index (χ0n) is 16.0. The maximum absolute atomic E-state index is 14.5. The number of aliphatic hydroxyl groups is 1. The lowest BCUT2D eigenvalue weighted by Crippen LogP contribution is -2.19. The van der Waals surface area contributed by atoms with Crippen molar-refractivity contribution in [2.75, 3.05) is 0 Å². The summed E-state index contributed by atoms with van der Waals surface area (Å²) in [4.78, 5) is 16.2. The average Bonchev–Trinajstić information content (AvgIpc) is 2.68. The molecule has 0 bridgehead atoms. The molecule has 5 heteroatoms. The molecule has 0 spiro atoms. The van der Waals surface area contributed by atoms with Crippen molar-refractivity contribution in [3.05, 3.63) is 89.5 Å². The zero-order valence-corrected chi connectivity index (χ0v) is 16.0. The number of ketones is 1. The molecule has 1 unspecified atom stereocenters. The Morgan fingerprint density at radius 3 is 2.32 bits per heavy atom. The number of hydrogen-bond acceptors (Lipinski definition) is 4. The molecule has 144 valence electrons. The molecule has 3 aromatic rings. The maximum Gasteiger partial charge on any atom is 0.168 e. The van der Waals surface area contributed by atoms with Crippen LogP contribution in [0, 0.1) is 11.2 Å². The lowest BCUT2D eigenvalue weighted by atomic mass is 9.86. The summed E-state index contributed by atoms with van der Waals surface area (Å²) >= 11 is 0. The summed E-state index contributed by atoms with van der Waals surface area (Å²) in [5.41, 5.74) is 0.790. The van der Waals surface area contributed by atoms with Crippen LogP contribution in [0.2, 0.25) is 0 Å². The van der Waals surface area contributed by atoms with E-state index in [1.807, 2.05) is 20.8 Å². The molecule has 1 N–H and O–H groups in total. The molecule has 3 rings (SSSR count). The molecule has 28 heavy (non-hydrogen) atoms. The van der Waals surface area contributed by atoms with E-state index < -0.39 is 17.3 Å². The largest absolute Gasteiger partial charge is 0.457 e. The first kappa shape index (κ1) is 19.7. The van der Waals surface area contributed by atoms with Crippen molar-refractivity contribution in [3.63, 3.8) is 0 Å². The van der Waals surface area contributed by atoms with Crippen molar-refractivity contribution in [2.45, 2.75) is 26.9 Å². The van der Waals surface area contributed by atoms with E-state index in [0.717, 1.165) is 0 Å². The lowest BCUT2D eigenvalue weighted by Gasteiger charge is -2.17. The van der Waals surface area contributed by atoms with Crippen LogP contribution in [0.5, 0.6) is 11.5 Å². The number of aromatic nitrogens is 1. The van der Waals surface area contributed by atoms with Gasteiger partial charge >= 0.3 is 0 Å². The third-order valence-corrected chi connectivity index (χ3v) is 4.30. The summed E-state index contributed by atoms with van der Waals surface area (Å²) < 4.78 is 20.2. The highest BCUT2D eigenvalue weighted by molar-refractivity contribution is 5.99. The van der Waals surface area contributed by atoms with Crippen LogP contribution in [0.15, 0.2) is 67.0 Å². The molecule has 2 aromatic carbocycles. The summed E-state index contributed by atoms with van der Waals surface area (Å²) in [5, 5.41) is 10.3. The van der Waals surface area contributed by atoms with Crippen LogP contribution in [-0.4, -0.2) is 15.9 Å². The van der Waals surface area contributed by atoms with Gasteiger partial charge < -0.3 is 9.84 Å². The van der Waals surface area contributed by atoms with Gasteiger partial charge in [0, 0.05) is 40.6 Å². The number of carbonyl (C=O) groups is 1. The number of aliphatic hydroxyl groups excluding tert-OH is 1. The zero-order chi connectivity index (χ0) is 20.3. The van der Waals surface area contributed by atoms with Crippen LogP contribution in [0.4, 0.5) is 4.39 Å². The minimum atomic E-state index is -1.11. The Bertz CT molecular complexity index is 963. The molecule has 4 nitrogen and oxygen atoms in total. The van der Waals surface area contributed by atoms with E-state index in [1.165, 1.54) is 18.3 Å². The molecule has 0 fully saturated rings. The molecule has 0 saturated heterocycles. The van der Waals surface area contributed by atoms with Crippen molar-refractivity contribution in [1.82, 2.24) is 4.98 Å². The molecular weight excluding hydrogens is 357 g/mol. The van der Waals surface area contributed by atoms with Gasteiger partial charge in [0.15, 0.2) is 5.78 Å². The van der Waals surface area contributed by atoms with Crippen LogP contribution >= 0.6 is 0 Å². The number of ether oxygens (including phenoxy) is 1. The van der Waals surface area contributed by atoms with E-state index in [0.29, 0.717) is 22.6 Å². The molecule has 0 saturated carbocycles. The lowest BCUT2D eigenvalue weighted by molar-refractivity contribution is 0.0858. The van der Waals surface area contributed by atoms with Crippen molar-refractivity contribution in [2.24, 2.45) is 5.41 Å². The fourth-order valence-electron chi connectivity index (χ4n) is 2.75. The highest BCUT2D eigenvalue weighted by Gasteiger charge is 2.22. The van der Waals surface area contributed by atoms with Crippen LogP contribution in [0.1, 0.15) is 48.4 Å². The first-order valence-corrected chi connectivity index (χ1v) is 8.96. The van der Waals surface area contributed by atoms with Gasteiger partial charge in [0.2, 0.25) is 0 Å². The minimum Gasteiger partial charge on any atom is -0.457 e. The molecule has 0 aliphatic heterocycles. The summed E-state index contributed by atoms with van der Waals surface area (Å²) in [6, 6.07) is 14.4. The summed E-state index contributed by atoms with van der Waals surface area (Å²) in [7, 11) is 0. The average molecular weight is 379 g/mol. The second-order valence-electron chi connectivity index (χ2n) is 7.58. The SMILES string of the molecule is CC(C)(C)C(=O)c1ccc(Oc2ccc(C(O)c3cccnc3)c(F)c2)cc1. The van der Waals surface area contributed by atoms with E-state index in [2.05, 4.69) is 4.98 Å². The topological polar surface area (TPSA) is 59.4 Å². The molecular formula is C23H22FNO3. The van der Waals surface area contributed by atoms with Crippen LogP contribution < -0.4 is 4.74 Å². The van der Waals surface area contributed by atoms with E-state index in [4.69, 9.17) is 4.74 Å². The van der Waals surface area contributed by atoms with Crippen molar-refractivity contribution >= 4 is 5.78 Å². The summed E-state index contributed by atoms with van der Waals surface area (Å²) in [6.07, 6.45) is 1.98. The predicted octanol–water partition coefficient (Wildman–Crippen LogP) is 5.32. The Kier molecular flexibility index (Phi) is 5.56. The molecule has 1 aromatic heterocycles. The number of rotatable bonds is 5. The quantitative estimate of drug-likeness (QED) is 0.609. The monoisotopic (exact) mass is 379 g/mol.